The summed E-state index contributed by atoms with van der Waals surface area (Å²) in [5, 5.41) is 14.8. The van der Waals surface area contributed by atoms with Gasteiger partial charge in [-0.3, -0.25) is 4.79 Å². The minimum Gasteiger partial charge on any atom is -0.465 e. The summed E-state index contributed by atoms with van der Waals surface area (Å²) >= 11 is 0. The average Bonchev–Trinajstić information content (AvgIpc) is 3.37. The van der Waals surface area contributed by atoms with Crippen LogP contribution in [0.4, 0.5) is 5.69 Å². The first-order valence-corrected chi connectivity index (χ1v) is 11.6. The van der Waals surface area contributed by atoms with Gasteiger partial charge < -0.3 is 19.6 Å². The fourth-order valence-corrected chi connectivity index (χ4v) is 4.55. The highest BCUT2D eigenvalue weighted by molar-refractivity contribution is 6.00. The largest absolute Gasteiger partial charge is 0.465 e. The van der Waals surface area contributed by atoms with Crippen molar-refractivity contribution in [1.82, 2.24) is 0 Å². The molecule has 1 aliphatic heterocycles. The third-order valence-electron chi connectivity index (χ3n) is 6.26. The number of amides is 1. The van der Waals surface area contributed by atoms with Crippen molar-refractivity contribution in [3.63, 3.8) is 0 Å². The van der Waals surface area contributed by atoms with Gasteiger partial charge in [0.2, 0.25) is 0 Å². The molecular formula is C28H31NO4. The fourth-order valence-electron chi connectivity index (χ4n) is 4.55. The molecule has 2 heterocycles. The molecule has 0 saturated heterocycles. The lowest BCUT2D eigenvalue weighted by Crippen LogP contribution is -2.52. The maximum Gasteiger partial charge on any atom is 0.257 e. The average molecular weight is 446 g/mol. The van der Waals surface area contributed by atoms with Crippen LogP contribution in [0.5, 0.6) is 0 Å². The molecule has 5 nitrogen and oxygen atoms in total. The quantitative estimate of drug-likeness (QED) is 0.397. The number of furan rings is 1. The predicted octanol–water partition coefficient (Wildman–Crippen LogP) is 5.99. The van der Waals surface area contributed by atoms with E-state index < -0.39 is 11.7 Å². The van der Waals surface area contributed by atoms with Crippen LogP contribution in [0.15, 0.2) is 71.3 Å². The molecule has 3 aromatic rings. The summed E-state index contributed by atoms with van der Waals surface area (Å²) in [6.07, 6.45) is 8.30. The van der Waals surface area contributed by atoms with Crippen LogP contribution in [0.3, 0.4) is 0 Å². The fraction of sp³-hybridized carbons (Fsp3) is 0.321. The van der Waals surface area contributed by atoms with Crippen molar-refractivity contribution in [2.75, 3.05) is 12.4 Å². The zero-order valence-corrected chi connectivity index (χ0v) is 19.2. The number of fused-ring (bicyclic) bond motifs is 1. The third kappa shape index (κ3) is 4.65. The number of aliphatic hydroxyl groups is 1. The summed E-state index contributed by atoms with van der Waals surface area (Å²) in [6, 6.07) is 18.8. The summed E-state index contributed by atoms with van der Waals surface area (Å²) in [4.78, 5) is 12.7. The van der Waals surface area contributed by atoms with Crippen LogP contribution in [0.25, 0.3) is 11.6 Å². The van der Waals surface area contributed by atoms with Gasteiger partial charge in [-0.05, 0) is 59.9 Å². The second kappa shape index (κ2) is 10.2. The van der Waals surface area contributed by atoms with E-state index in [2.05, 4.69) is 18.3 Å². The van der Waals surface area contributed by atoms with Crippen molar-refractivity contribution in [3.8, 4) is 0 Å². The van der Waals surface area contributed by atoms with Crippen LogP contribution in [0, 0.1) is 0 Å². The highest BCUT2D eigenvalue weighted by atomic mass is 16.5. The molecule has 2 aromatic carbocycles. The van der Waals surface area contributed by atoms with Crippen LogP contribution in [0.1, 0.15) is 61.5 Å². The molecule has 2 atom stereocenters. The molecule has 4 rings (SSSR count). The molecule has 2 unspecified atom stereocenters. The molecule has 172 valence electrons. The molecule has 2 N–H and O–H groups in total. The second-order valence-corrected chi connectivity index (χ2v) is 8.50. The van der Waals surface area contributed by atoms with E-state index in [1.54, 1.807) is 6.26 Å². The van der Waals surface area contributed by atoms with Gasteiger partial charge in [-0.15, -0.1) is 0 Å². The lowest BCUT2D eigenvalue weighted by molar-refractivity contribution is -0.142. The highest BCUT2D eigenvalue weighted by Crippen LogP contribution is 2.43. The molecule has 0 fully saturated rings. The van der Waals surface area contributed by atoms with E-state index in [0.717, 1.165) is 29.7 Å². The molecule has 0 radical (unpaired) electrons. The zero-order valence-electron chi connectivity index (χ0n) is 19.2. The van der Waals surface area contributed by atoms with Gasteiger partial charge in [-0.2, -0.15) is 0 Å². The van der Waals surface area contributed by atoms with Crippen LogP contribution in [-0.4, -0.2) is 24.2 Å². The zero-order chi connectivity index (χ0) is 23.3. The predicted molar refractivity (Wildman–Crippen MR) is 131 cm³/mol. The van der Waals surface area contributed by atoms with Gasteiger partial charge in [0.05, 0.1) is 6.26 Å². The number of allylic oxidation sites excluding steroid dienone is 1. The number of benzene rings is 2. The van der Waals surface area contributed by atoms with Crippen LogP contribution < -0.4 is 5.32 Å². The first-order chi connectivity index (χ1) is 16.1. The van der Waals surface area contributed by atoms with Gasteiger partial charge in [0.15, 0.2) is 11.7 Å². The number of carbonyl (C=O) groups excluding carboxylic acids is 1. The maximum absolute atomic E-state index is 12.7. The van der Waals surface area contributed by atoms with Gasteiger partial charge in [0.1, 0.15) is 5.76 Å². The monoisotopic (exact) mass is 445 g/mol. The molecule has 0 saturated carbocycles. The number of carbonyl (C=O) groups is 1. The highest BCUT2D eigenvalue weighted by Gasteiger charge is 2.49. The lowest BCUT2D eigenvalue weighted by Gasteiger charge is -2.40. The molecular weight excluding hydrogens is 414 g/mol. The van der Waals surface area contributed by atoms with Crippen molar-refractivity contribution in [1.29, 1.82) is 0 Å². The van der Waals surface area contributed by atoms with E-state index in [-0.39, 0.29) is 5.91 Å². The molecule has 0 aliphatic carbocycles. The normalized spacial score (nSPS) is 20.4. The third-order valence-corrected chi connectivity index (χ3v) is 6.26. The Hall–Kier alpha value is -3.15. The van der Waals surface area contributed by atoms with Gasteiger partial charge >= 0.3 is 0 Å². The smallest absolute Gasteiger partial charge is 0.257 e. The van der Waals surface area contributed by atoms with Crippen molar-refractivity contribution in [3.05, 3.63) is 89.4 Å². The van der Waals surface area contributed by atoms with Gasteiger partial charge in [0.25, 0.3) is 5.91 Å². The molecule has 1 amide bonds. The van der Waals surface area contributed by atoms with Crippen molar-refractivity contribution < 1.29 is 19.1 Å². The Kier molecular flexibility index (Phi) is 7.11. The SMILES string of the molecule is CCCCCCC(=Cc1ccc2c(c1)C(O)(c1ccccc1)C(OC)C(=O)N2)c1ccco1. The molecule has 33 heavy (non-hydrogen) atoms. The van der Waals surface area contributed by atoms with E-state index in [1.807, 2.05) is 60.7 Å². The van der Waals surface area contributed by atoms with E-state index >= 15 is 0 Å². The van der Waals surface area contributed by atoms with Crippen molar-refractivity contribution in [2.24, 2.45) is 0 Å². The minimum absolute atomic E-state index is 0.369. The van der Waals surface area contributed by atoms with E-state index in [0.29, 0.717) is 16.8 Å². The van der Waals surface area contributed by atoms with Crippen molar-refractivity contribution >= 4 is 23.2 Å². The Morgan fingerprint density at radius 2 is 1.94 bits per heavy atom. The Morgan fingerprint density at radius 1 is 1.12 bits per heavy atom. The van der Waals surface area contributed by atoms with Crippen molar-refractivity contribution in [2.45, 2.75) is 50.7 Å². The molecule has 0 spiro atoms. The van der Waals surface area contributed by atoms with Crippen LogP contribution in [-0.2, 0) is 15.1 Å². The molecule has 1 aromatic heterocycles. The number of hydrogen-bond donors (Lipinski definition) is 2. The lowest BCUT2D eigenvalue weighted by atomic mass is 9.77. The van der Waals surface area contributed by atoms with E-state index in [1.165, 1.54) is 26.4 Å². The number of nitrogens with one attached hydrogen (secondary N) is 1. The number of methoxy groups -OCH3 is 1. The Balaban J connectivity index is 1.77. The number of ether oxygens (including phenoxy) is 1. The number of hydrogen-bond acceptors (Lipinski definition) is 4. The summed E-state index contributed by atoms with van der Waals surface area (Å²) in [7, 11) is 1.44. The minimum atomic E-state index is -1.61. The van der Waals surface area contributed by atoms with E-state index in [4.69, 9.17) is 9.15 Å². The van der Waals surface area contributed by atoms with Crippen LogP contribution in [0.2, 0.25) is 0 Å². The van der Waals surface area contributed by atoms with Gasteiger partial charge in [-0.25, -0.2) is 0 Å². The Bertz CT molecular complexity index is 1100. The van der Waals surface area contributed by atoms with Gasteiger partial charge in [0, 0.05) is 18.4 Å². The maximum atomic E-state index is 12.7. The first kappa shape index (κ1) is 23.0. The number of anilines is 1. The summed E-state index contributed by atoms with van der Waals surface area (Å²) < 4.78 is 11.2. The molecule has 5 heteroatoms. The first-order valence-electron chi connectivity index (χ1n) is 11.6. The topological polar surface area (TPSA) is 71.7 Å². The molecule has 1 aliphatic rings. The van der Waals surface area contributed by atoms with Crippen LogP contribution >= 0.6 is 0 Å². The van der Waals surface area contributed by atoms with E-state index in [9.17, 15) is 9.90 Å². The number of rotatable bonds is 9. The standard InChI is InChI=1S/C28H31NO4/c1-3-4-5-7-11-21(25-14-10-17-33-25)18-20-15-16-24-23(19-20)28(31,22-12-8-6-9-13-22)26(32-2)27(30)29-24/h6,8-10,12-19,26,31H,3-5,7,11H2,1-2H3,(H,29,30). The summed E-state index contributed by atoms with van der Waals surface area (Å²) in [5.41, 5.74) is 2.24. The Morgan fingerprint density at radius 3 is 2.64 bits per heavy atom. The summed E-state index contributed by atoms with van der Waals surface area (Å²) in [6.45, 7) is 2.20. The van der Waals surface area contributed by atoms with Gasteiger partial charge in [-0.1, -0.05) is 62.6 Å². The summed E-state index contributed by atoms with van der Waals surface area (Å²) in [5.74, 6) is 0.484. The number of unbranched alkanes of at least 4 members (excludes halogenated alkanes) is 3. The molecule has 0 bridgehead atoms. The Labute approximate surface area is 195 Å². The second-order valence-electron chi connectivity index (χ2n) is 8.50.